The molecule has 0 bridgehead atoms. The Morgan fingerprint density at radius 3 is 2.69 bits per heavy atom. The van der Waals surface area contributed by atoms with E-state index in [2.05, 4.69) is 17.6 Å². The molecule has 0 aliphatic heterocycles. The fraction of sp³-hybridized carbons (Fsp3) is 0.417. The second-order valence-electron chi connectivity index (χ2n) is 3.68. The van der Waals surface area contributed by atoms with Gasteiger partial charge in [-0.15, -0.1) is 11.8 Å². The fourth-order valence-electron chi connectivity index (χ4n) is 1.27. The van der Waals surface area contributed by atoms with Crippen LogP contribution in [0, 0.1) is 0 Å². The summed E-state index contributed by atoms with van der Waals surface area (Å²) in [5, 5.41) is 5.66. The van der Waals surface area contributed by atoms with Crippen LogP contribution in [-0.2, 0) is 0 Å². The number of nitrogens with one attached hydrogen (secondary N) is 2. The van der Waals surface area contributed by atoms with Gasteiger partial charge in [0.25, 0.3) is 0 Å². The lowest BCUT2D eigenvalue weighted by atomic mass is 10.3. The van der Waals surface area contributed by atoms with E-state index in [4.69, 9.17) is 0 Å². The highest BCUT2D eigenvalue weighted by Gasteiger charge is 2.06. The molecule has 0 aromatic heterocycles. The minimum absolute atomic E-state index is 0.144. The molecule has 0 fully saturated rings. The molecule has 0 heterocycles. The Hall–Kier alpha value is -1.16. The third-order valence-electron chi connectivity index (χ3n) is 1.85. The average molecular weight is 238 g/mol. The molecule has 0 saturated heterocycles. The van der Waals surface area contributed by atoms with E-state index in [0.717, 1.165) is 16.3 Å². The quantitative estimate of drug-likeness (QED) is 0.790. The molecule has 2 amide bonds. The van der Waals surface area contributed by atoms with Crippen molar-refractivity contribution < 1.29 is 4.79 Å². The molecule has 3 nitrogen and oxygen atoms in total. The molecule has 2 N–H and O–H groups in total. The first-order valence-electron chi connectivity index (χ1n) is 5.42. The van der Waals surface area contributed by atoms with E-state index < -0.39 is 0 Å². The van der Waals surface area contributed by atoms with Crippen LogP contribution in [0.1, 0.15) is 20.8 Å². The molecule has 4 heteroatoms. The molecule has 0 atom stereocenters. The van der Waals surface area contributed by atoms with E-state index in [0.29, 0.717) is 0 Å². The highest BCUT2D eigenvalue weighted by Crippen LogP contribution is 2.26. The molecular formula is C12H18N2OS. The Morgan fingerprint density at radius 1 is 1.38 bits per heavy atom. The van der Waals surface area contributed by atoms with Gasteiger partial charge in [0.05, 0.1) is 5.69 Å². The van der Waals surface area contributed by atoms with Gasteiger partial charge in [0.2, 0.25) is 0 Å². The van der Waals surface area contributed by atoms with Crippen molar-refractivity contribution in [2.24, 2.45) is 0 Å². The van der Waals surface area contributed by atoms with Crippen molar-refractivity contribution in [2.45, 2.75) is 31.7 Å². The Morgan fingerprint density at radius 2 is 2.06 bits per heavy atom. The van der Waals surface area contributed by atoms with Gasteiger partial charge in [-0.05, 0) is 31.7 Å². The summed E-state index contributed by atoms with van der Waals surface area (Å²) in [7, 11) is 0. The highest BCUT2D eigenvalue weighted by atomic mass is 32.2. The molecule has 0 radical (unpaired) electrons. The Kier molecular flexibility index (Phi) is 5.19. The van der Waals surface area contributed by atoms with Crippen LogP contribution in [0.5, 0.6) is 0 Å². The van der Waals surface area contributed by atoms with Gasteiger partial charge in [-0.3, -0.25) is 0 Å². The van der Waals surface area contributed by atoms with Crippen LogP contribution in [0.15, 0.2) is 29.2 Å². The maximum absolute atomic E-state index is 11.5. The van der Waals surface area contributed by atoms with Crippen LogP contribution in [0.2, 0.25) is 0 Å². The first kappa shape index (κ1) is 12.9. The van der Waals surface area contributed by atoms with E-state index in [1.165, 1.54) is 0 Å². The van der Waals surface area contributed by atoms with Crippen molar-refractivity contribution in [3.8, 4) is 0 Å². The minimum atomic E-state index is -0.154. The summed E-state index contributed by atoms with van der Waals surface area (Å²) in [5.41, 5.74) is 0.868. The molecule has 1 aromatic carbocycles. The Labute approximate surface area is 101 Å². The number of urea groups is 1. The van der Waals surface area contributed by atoms with Gasteiger partial charge in [-0.2, -0.15) is 0 Å². The van der Waals surface area contributed by atoms with Gasteiger partial charge in [0, 0.05) is 10.9 Å². The van der Waals surface area contributed by atoms with Crippen LogP contribution < -0.4 is 10.6 Å². The zero-order valence-electron chi connectivity index (χ0n) is 9.91. The zero-order valence-corrected chi connectivity index (χ0v) is 10.7. The van der Waals surface area contributed by atoms with Gasteiger partial charge in [-0.1, -0.05) is 19.1 Å². The van der Waals surface area contributed by atoms with Gasteiger partial charge >= 0.3 is 6.03 Å². The predicted molar refractivity (Wildman–Crippen MR) is 70.1 cm³/mol. The third-order valence-corrected chi connectivity index (χ3v) is 2.81. The maximum atomic E-state index is 11.5. The van der Waals surface area contributed by atoms with Crippen LogP contribution >= 0.6 is 11.8 Å². The van der Waals surface area contributed by atoms with Gasteiger partial charge in [0.1, 0.15) is 0 Å². The molecule has 16 heavy (non-hydrogen) atoms. The Balaban J connectivity index is 2.68. The summed E-state index contributed by atoms with van der Waals surface area (Å²) in [6, 6.07) is 7.82. The van der Waals surface area contributed by atoms with Crippen LogP contribution in [0.4, 0.5) is 10.5 Å². The van der Waals surface area contributed by atoms with Crippen molar-refractivity contribution in [3.05, 3.63) is 24.3 Å². The van der Waals surface area contributed by atoms with Gasteiger partial charge < -0.3 is 10.6 Å². The molecule has 0 spiro atoms. The van der Waals surface area contributed by atoms with Crippen LogP contribution in [0.3, 0.4) is 0 Å². The number of carbonyl (C=O) groups excluding carboxylic acids is 1. The summed E-state index contributed by atoms with van der Waals surface area (Å²) >= 11 is 1.72. The molecule has 88 valence electrons. The minimum Gasteiger partial charge on any atom is -0.336 e. The largest absolute Gasteiger partial charge is 0.336 e. The molecular weight excluding hydrogens is 220 g/mol. The van der Waals surface area contributed by atoms with E-state index in [1.807, 2.05) is 38.1 Å². The standard InChI is InChI=1S/C12H18N2OS/c1-4-16-11-8-6-5-7-10(11)14-12(15)13-9(2)3/h5-9H,4H2,1-3H3,(H2,13,14,15). The van der Waals surface area contributed by atoms with Crippen molar-refractivity contribution in [1.29, 1.82) is 0 Å². The smallest absolute Gasteiger partial charge is 0.319 e. The SMILES string of the molecule is CCSc1ccccc1NC(=O)NC(C)C. The van der Waals surface area contributed by atoms with Crippen LogP contribution in [-0.4, -0.2) is 17.8 Å². The zero-order chi connectivity index (χ0) is 12.0. The van der Waals surface area contributed by atoms with E-state index in [1.54, 1.807) is 11.8 Å². The van der Waals surface area contributed by atoms with Crippen molar-refractivity contribution in [3.63, 3.8) is 0 Å². The first-order valence-corrected chi connectivity index (χ1v) is 6.41. The molecule has 0 aliphatic rings. The van der Waals surface area contributed by atoms with E-state index >= 15 is 0 Å². The summed E-state index contributed by atoms with van der Waals surface area (Å²) < 4.78 is 0. The average Bonchev–Trinajstić information content (AvgIpc) is 2.20. The summed E-state index contributed by atoms with van der Waals surface area (Å²) in [4.78, 5) is 12.6. The number of hydrogen-bond acceptors (Lipinski definition) is 2. The summed E-state index contributed by atoms with van der Waals surface area (Å²) in [6.45, 7) is 5.97. The Bertz CT molecular complexity index is 353. The van der Waals surface area contributed by atoms with Crippen LogP contribution in [0.25, 0.3) is 0 Å². The van der Waals surface area contributed by atoms with Gasteiger partial charge in [-0.25, -0.2) is 4.79 Å². The lowest BCUT2D eigenvalue weighted by Crippen LogP contribution is -2.34. The maximum Gasteiger partial charge on any atom is 0.319 e. The molecule has 1 aromatic rings. The number of hydrogen-bond donors (Lipinski definition) is 2. The number of anilines is 1. The number of carbonyl (C=O) groups is 1. The normalized spacial score (nSPS) is 10.2. The lowest BCUT2D eigenvalue weighted by Gasteiger charge is -2.12. The van der Waals surface area contributed by atoms with Crippen molar-refractivity contribution in [1.82, 2.24) is 5.32 Å². The topological polar surface area (TPSA) is 41.1 Å². The molecule has 0 aliphatic carbocycles. The number of rotatable bonds is 4. The number of thioether (sulfide) groups is 1. The number of amides is 2. The summed E-state index contributed by atoms with van der Waals surface area (Å²) in [5.74, 6) is 0.991. The van der Waals surface area contributed by atoms with Crippen molar-refractivity contribution >= 4 is 23.5 Å². The highest BCUT2D eigenvalue weighted by molar-refractivity contribution is 7.99. The van der Waals surface area contributed by atoms with Crippen molar-refractivity contribution in [2.75, 3.05) is 11.1 Å². The number of benzene rings is 1. The second kappa shape index (κ2) is 6.43. The van der Waals surface area contributed by atoms with E-state index in [-0.39, 0.29) is 12.1 Å². The fourth-order valence-corrected chi connectivity index (χ4v) is 2.03. The molecule has 0 unspecified atom stereocenters. The monoisotopic (exact) mass is 238 g/mol. The predicted octanol–water partition coefficient (Wildman–Crippen LogP) is 3.33. The first-order chi connectivity index (χ1) is 7.63. The number of para-hydroxylation sites is 1. The second-order valence-corrected chi connectivity index (χ2v) is 4.99. The molecule has 0 saturated carbocycles. The van der Waals surface area contributed by atoms with E-state index in [9.17, 15) is 4.79 Å². The third kappa shape index (κ3) is 4.14. The molecule has 1 rings (SSSR count). The van der Waals surface area contributed by atoms with Gasteiger partial charge in [0.15, 0.2) is 0 Å². The summed E-state index contributed by atoms with van der Waals surface area (Å²) in [6.07, 6.45) is 0. The lowest BCUT2D eigenvalue weighted by molar-refractivity contribution is 0.250.